The highest BCUT2D eigenvalue weighted by Crippen LogP contribution is 2.56. The van der Waals surface area contributed by atoms with Gasteiger partial charge in [-0.3, -0.25) is 24.5 Å². The third-order valence-corrected chi connectivity index (χ3v) is 8.90. The Balaban J connectivity index is 1.79. The van der Waals surface area contributed by atoms with Gasteiger partial charge in [-0.2, -0.15) is 37.3 Å². The van der Waals surface area contributed by atoms with E-state index in [1.807, 2.05) is 5.32 Å². The summed E-state index contributed by atoms with van der Waals surface area (Å²) in [6.07, 6.45) is -1.79. The molecule has 3 amide bonds. The van der Waals surface area contributed by atoms with Crippen molar-refractivity contribution in [3.05, 3.63) is 87.1 Å². The fraction of sp³-hybridized carbons (Fsp3) is 0.167. The summed E-state index contributed by atoms with van der Waals surface area (Å²) in [5.74, 6) is -2.33. The maximum absolute atomic E-state index is 13.1. The first-order valence-electron chi connectivity index (χ1n) is 11.5. The van der Waals surface area contributed by atoms with Crippen LogP contribution in [0.2, 0.25) is 5.02 Å². The summed E-state index contributed by atoms with van der Waals surface area (Å²) in [4.78, 5) is 23.3. The van der Waals surface area contributed by atoms with Crippen LogP contribution >= 0.6 is 22.2 Å². The number of benzene rings is 2. The number of nitrogens with one attached hydrogen (secondary N) is 2. The Hall–Kier alpha value is -3.70. The molecule has 4 rings (SSSR count). The van der Waals surface area contributed by atoms with E-state index in [1.54, 1.807) is 24.3 Å². The van der Waals surface area contributed by atoms with Gasteiger partial charge in [-0.25, -0.2) is 9.80 Å². The van der Waals surface area contributed by atoms with Crippen molar-refractivity contribution in [3.8, 4) is 0 Å². The molecule has 41 heavy (non-hydrogen) atoms. The standard InChI is InChI=1S/C24H21ClF3N5O6S2/c1-14(34)29-23(35)30-22(32-41(38,39)18-10-6-16(7-11-18)24(26,27)28)33-13-19(20-3-2-12-40(20,36)37)21(31-33)15-4-8-17(25)9-5-15/h2-12,19,36-37H,13H2,1H3,(H2,29,30,32,34,35)/t19-/m1/s1. The molecule has 0 unspecified atom stereocenters. The summed E-state index contributed by atoms with van der Waals surface area (Å²) < 4.78 is 89.9. The van der Waals surface area contributed by atoms with E-state index < -0.39 is 61.1 Å². The van der Waals surface area contributed by atoms with Crippen molar-refractivity contribution in [3.63, 3.8) is 0 Å². The second-order valence-corrected chi connectivity index (χ2v) is 12.6. The number of hydrogen-bond donors (Lipinski definition) is 4. The Labute approximate surface area is 238 Å². The zero-order chi connectivity index (χ0) is 30.2. The molecule has 2 aliphatic rings. The number of guanidine groups is 1. The van der Waals surface area contributed by atoms with Crippen LogP contribution in [0.5, 0.6) is 0 Å². The number of rotatable bonds is 4. The number of sulfonamides is 1. The van der Waals surface area contributed by atoms with E-state index in [1.165, 1.54) is 17.6 Å². The molecule has 0 aliphatic carbocycles. The summed E-state index contributed by atoms with van der Waals surface area (Å²) in [6.45, 7) is 0.783. The fourth-order valence-corrected chi connectivity index (χ4v) is 6.31. The second kappa shape index (κ2) is 11.3. The third-order valence-electron chi connectivity index (χ3n) is 5.72. The van der Waals surface area contributed by atoms with Crippen LogP contribution < -0.4 is 10.6 Å². The van der Waals surface area contributed by atoms with Gasteiger partial charge < -0.3 is 0 Å². The van der Waals surface area contributed by atoms with E-state index in [0.29, 0.717) is 34.9 Å². The van der Waals surface area contributed by atoms with E-state index in [2.05, 4.69) is 14.8 Å². The molecule has 0 fully saturated rings. The lowest BCUT2D eigenvalue weighted by Gasteiger charge is -2.32. The minimum absolute atomic E-state index is 0.159. The summed E-state index contributed by atoms with van der Waals surface area (Å²) >= 11 is 5.99. The van der Waals surface area contributed by atoms with Gasteiger partial charge in [0.05, 0.1) is 33.5 Å². The summed E-state index contributed by atoms with van der Waals surface area (Å²) in [5.41, 5.74) is -0.371. The SMILES string of the molecule is CC(=O)NC(=O)N/C(=N/S(=O)(=O)c1ccc(C(F)(F)F)cc1)N1C[C@H](C2=CC=CS2(O)O)C(c2ccc(Cl)cc2)=N1. The molecule has 1 atom stereocenters. The maximum Gasteiger partial charge on any atom is 0.416 e. The average molecular weight is 632 g/mol. The molecule has 2 aliphatic heterocycles. The fourth-order valence-electron chi connectivity index (χ4n) is 3.90. The van der Waals surface area contributed by atoms with Crippen molar-refractivity contribution in [1.29, 1.82) is 0 Å². The molecule has 0 radical (unpaired) electrons. The van der Waals surface area contributed by atoms with E-state index in [0.717, 1.165) is 11.9 Å². The zero-order valence-corrected chi connectivity index (χ0v) is 23.2. The highest BCUT2D eigenvalue weighted by molar-refractivity contribution is 8.30. The predicted molar refractivity (Wildman–Crippen MR) is 147 cm³/mol. The van der Waals surface area contributed by atoms with Crippen molar-refractivity contribution in [2.45, 2.75) is 18.0 Å². The molecular formula is C24H21ClF3N5O6S2. The lowest BCUT2D eigenvalue weighted by Crippen LogP contribution is -2.47. The molecule has 2 aromatic carbocycles. The Morgan fingerprint density at radius 2 is 1.73 bits per heavy atom. The quantitative estimate of drug-likeness (QED) is 0.280. The number of halogens is 4. The molecule has 0 aromatic heterocycles. The summed E-state index contributed by atoms with van der Waals surface area (Å²) in [7, 11) is -8.09. The van der Waals surface area contributed by atoms with Crippen LogP contribution in [-0.2, 0) is 21.0 Å². The maximum atomic E-state index is 13.1. The van der Waals surface area contributed by atoms with E-state index in [-0.39, 0.29) is 17.2 Å². The van der Waals surface area contributed by atoms with Crippen LogP contribution in [0.4, 0.5) is 18.0 Å². The van der Waals surface area contributed by atoms with Crippen molar-refractivity contribution in [2.75, 3.05) is 6.54 Å². The molecule has 0 saturated carbocycles. The highest BCUT2D eigenvalue weighted by Gasteiger charge is 2.39. The third kappa shape index (κ3) is 6.97. The largest absolute Gasteiger partial charge is 0.416 e. The molecule has 2 heterocycles. The minimum atomic E-state index is -4.74. The van der Waals surface area contributed by atoms with Crippen LogP contribution in [0.3, 0.4) is 0 Å². The molecule has 0 spiro atoms. The van der Waals surface area contributed by atoms with E-state index >= 15 is 0 Å². The van der Waals surface area contributed by atoms with Crippen LogP contribution in [0, 0.1) is 5.92 Å². The van der Waals surface area contributed by atoms with Gasteiger partial charge in [0, 0.05) is 17.4 Å². The number of hydrogen-bond acceptors (Lipinski definition) is 7. The minimum Gasteiger partial charge on any atom is -0.291 e. The number of amides is 3. The molecule has 218 valence electrons. The molecule has 2 aromatic rings. The first-order chi connectivity index (χ1) is 19.1. The molecule has 17 heteroatoms. The normalized spacial score (nSPS) is 19.4. The monoisotopic (exact) mass is 631 g/mol. The molecule has 4 N–H and O–H groups in total. The number of alkyl halides is 3. The van der Waals surface area contributed by atoms with Crippen molar-refractivity contribution in [1.82, 2.24) is 15.6 Å². The van der Waals surface area contributed by atoms with Crippen molar-refractivity contribution < 1.29 is 40.3 Å². The predicted octanol–water partition coefficient (Wildman–Crippen LogP) is 4.75. The Morgan fingerprint density at radius 3 is 2.27 bits per heavy atom. The topological polar surface area (TPSA) is 161 Å². The van der Waals surface area contributed by atoms with Gasteiger partial charge in [0.25, 0.3) is 10.0 Å². The smallest absolute Gasteiger partial charge is 0.291 e. The highest BCUT2D eigenvalue weighted by atomic mass is 35.5. The molecule has 0 saturated heterocycles. The average Bonchev–Trinajstić information content (AvgIpc) is 3.45. The van der Waals surface area contributed by atoms with Crippen molar-refractivity contribution >= 4 is 55.8 Å². The first kappa shape index (κ1) is 30.3. The Bertz CT molecular complexity index is 1610. The van der Waals surface area contributed by atoms with Gasteiger partial charge in [0.1, 0.15) is 0 Å². The Kier molecular flexibility index (Phi) is 8.33. The van der Waals surface area contributed by atoms with Crippen molar-refractivity contribution in [2.24, 2.45) is 15.4 Å². The molecular weight excluding hydrogens is 611 g/mol. The van der Waals surface area contributed by atoms with Gasteiger partial charge in [0.15, 0.2) is 0 Å². The van der Waals surface area contributed by atoms with Crippen LogP contribution in [0.1, 0.15) is 18.1 Å². The number of carbonyl (C=O) groups excluding carboxylic acids is 2. The lowest BCUT2D eigenvalue weighted by atomic mass is 9.97. The second-order valence-electron chi connectivity index (χ2n) is 8.66. The molecule has 11 nitrogen and oxygen atoms in total. The number of carbonyl (C=O) groups is 2. The van der Waals surface area contributed by atoms with Crippen LogP contribution in [0.25, 0.3) is 0 Å². The van der Waals surface area contributed by atoms with Gasteiger partial charge >= 0.3 is 12.2 Å². The zero-order valence-electron chi connectivity index (χ0n) is 20.8. The van der Waals surface area contributed by atoms with E-state index in [9.17, 15) is 40.3 Å². The Morgan fingerprint density at radius 1 is 1.10 bits per heavy atom. The van der Waals surface area contributed by atoms with Gasteiger partial charge in [-0.1, -0.05) is 23.7 Å². The number of nitrogens with zero attached hydrogens (tertiary/aromatic N) is 3. The van der Waals surface area contributed by atoms with Gasteiger partial charge in [-0.05, 0) is 54.1 Å². The summed E-state index contributed by atoms with van der Waals surface area (Å²) in [6, 6.07) is 7.66. The van der Waals surface area contributed by atoms with Gasteiger partial charge in [-0.15, -0.1) is 4.40 Å². The first-order valence-corrected chi connectivity index (χ1v) is 14.9. The summed E-state index contributed by atoms with van der Waals surface area (Å²) in [5, 5.41) is 11.0. The number of hydrazone groups is 1. The number of urea groups is 1. The number of imide groups is 1. The van der Waals surface area contributed by atoms with E-state index in [4.69, 9.17) is 11.6 Å². The number of allylic oxidation sites excluding steroid dienone is 2. The van der Waals surface area contributed by atoms with Crippen LogP contribution in [-0.4, -0.2) is 52.7 Å². The molecule has 0 bridgehead atoms. The lowest BCUT2D eigenvalue weighted by molar-refractivity contribution is -0.137. The van der Waals surface area contributed by atoms with Crippen LogP contribution in [0.15, 0.2) is 85.4 Å². The van der Waals surface area contributed by atoms with Gasteiger partial charge in [0.2, 0.25) is 11.9 Å².